The number of hydrogen-bond donors (Lipinski definition) is 2. The third kappa shape index (κ3) is 5.57. The number of non-ortho nitro benzene ring substituents is 1. The zero-order valence-corrected chi connectivity index (χ0v) is 17.3. The van der Waals surface area contributed by atoms with Crippen LogP contribution in [0, 0.1) is 17.0 Å². The third-order valence-corrected chi connectivity index (χ3v) is 4.30. The van der Waals surface area contributed by atoms with Crippen LogP contribution in [0.5, 0.6) is 5.75 Å². The molecule has 0 spiro atoms. The second-order valence-electron chi connectivity index (χ2n) is 6.57. The highest BCUT2D eigenvalue weighted by Crippen LogP contribution is 2.28. The first-order valence-electron chi connectivity index (χ1n) is 9.60. The summed E-state index contributed by atoms with van der Waals surface area (Å²) in [6.45, 7) is 4.12. The van der Waals surface area contributed by atoms with E-state index in [0.717, 1.165) is 0 Å². The maximum Gasteiger partial charge on any atom is 0.329 e. The van der Waals surface area contributed by atoms with Crippen LogP contribution < -0.4 is 15.5 Å². The summed E-state index contributed by atoms with van der Waals surface area (Å²) < 4.78 is 10.9. The number of aryl methyl sites for hydroxylation is 1. The van der Waals surface area contributed by atoms with E-state index in [1.165, 1.54) is 18.3 Å². The van der Waals surface area contributed by atoms with Gasteiger partial charge in [0.15, 0.2) is 0 Å². The molecule has 2 amide bonds. The molecule has 1 heterocycles. The molecular formula is C22H20N4O6. The van der Waals surface area contributed by atoms with Gasteiger partial charge in [-0.05, 0) is 61.9 Å². The van der Waals surface area contributed by atoms with Gasteiger partial charge in [0.2, 0.25) is 0 Å². The van der Waals surface area contributed by atoms with Gasteiger partial charge < -0.3 is 14.5 Å². The Morgan fingerprint density at radius 2 is 1.88 bits per heavy atom. The molecule has 0 bridgehead atoms. The zero-order chi connectivity index (χ0) is 23.1. The van der Waals surface area contributed by atoms with E-state index in [0.29, 0.717) is 40.7 Å². The number of nitro groups is 1. The van der Waals surface area contributed by atoms with Crippen LogP contribution in [0.2, 0.25) is 0 Å². The van der Waals surface area contributed by atoms with Crippen molar-refractivity contribution in [1.29, 1.82) is 0 Å². The largest absolute Gasteiger partial charge is 0.494 e. The van der Waals surface area contributed by atoms with Crippen LogP contribution in [0.1, 0.15) is 18.2 Å². The van der Waals surface area contributed by atoms with Gasteiger partial charge in [0.1, 0.15) is 17.3 Å². The third-order valence-electron chi connectivity index (χ3n) is 4.30. The quantitative estimate of drug-likeness (QED) is 0.251. The minimum atomic E-state index is -0.951. The molecule has 10 heteroatoms. The van der Waals surface area contributed by atoms with Crippen LogP contribution in [0.25, 0.3) is 11.3 Å². The highest BCUT2D eigenvalue weighted by atomic mass is 16.6. The molecule has 3 aromatic rings. The molecule has 1 aromatic heterocycles. The fourth-order valence-electron chi connectivity index (χ4n) is 2.80. The molecule has 32 heavy (non-hydrogen) atoms. The number of benzene rings is 2. The van der Waals surface area contributed by atoms with Crippen molar-refractivity contribution in [3.8, 4) is 17.1 Å². The molecule has 10 nitrogen and oxygen atoms in total. The number of nitro benzene ring substituents is 1. The summed E-state index contributed by atoms with van der Waals surface area (Å²) in [4.78, 5) is 34.3. The highest BCUT2D eigenvalue weighted by Gasteiger charge is 2.14. The summed E-state index contributed by atoms with van der Waals surface area (Å²) in [7, 11) is 0. The summed E-state index contributed by atoms with van der Waals surface area (Å²) in [5, 5.41) is 17.0. The van der Waals surface area contributed by atoms with Crippen molar-refractivity contribution < 1.29 is 23.7 Å². The highest BCUT2D eigenvalue weighted by molar-refractivity contribution is 6.39. The number of amides is 2. The SMILES string of the molecule is CCOc1ccc(NC(=O)C(=O)N/N=C/c2ccc(-c3ccc([N+](=O)[O-])cc3C)o2)cc1. The van der Waals surface area contributed by atoms with Crippen molar-refractivity contribution in [1.82, 2.24) is 5.43 Å². The minimum absolute atomic E-state index is 0.00850. The van der Waals surface area contributed by atoms with Gasteiger partial charge in [-0.15, -0.1) is 0 Å². The molecule has 0 saturated heterocycles. The van der Waals surface area contributed by atoms with Gasteiger partial charge >= 0.3 is 11.8 Å². The number of nitrogens with one attached hydrogen (secondary N) is 2. The maximum atomic E-state index is 12.0. The Balaban J connectivity index is 1.57. The molecule has 0 atom stereocenters. The fraction of sp³-hybridized carbons (Fsp3) is 0.136. The number of nitrogens with zero attached hydrogens (tertiary/aromatic N) is 2. The maximum absolute atomic E-state index is 12.0. The molecule has 0 aliphatic heterocycles. The number of rotatable bonds is 7. The van der Waals surface area contributed by atoms with Crippen LogP contribution in [-0.2, 0) is 9.59 Å². The van der Waals surface area contributed by atoms with Gasteiger partial charge in [0.05, 0.1) is 17.7 Å². The average molecular weight is 436 g/mol. The lowest BCUT2D eigenvalue weighted by Crippen LogP contribution is -2.32. The van der Waals surface area contributed by atoms with Gasteiger partial charge in [0, 0.05) is 23.4 Å². The molecule has 0 aliphatic rings. The smallest absolute Gasteiger partial charge is 0.329 e. The number of furan rings is 1. The minimum Gasteiger partial charge on any atom is -0.494 e. The van der Waals surface area contributed by atoms with Gasteiger partial charge in [-0.1, -0.05) is 0 Å². The van der Waals surface area contributed by atoms with Crippen LogP contribution in [0.3, 0.4) is 0 Å². The summed E-state index contributed by atoms with van der Waals surface area (Å²) in [5.41, 5.74) is 3.92. The molecule has 0 fully saturated rings. The normalized spacial score (nSPS) is 10.7. The molecule has 0 radical (unpaired) electrons. The molecule has 0 unspecified atom stereocenters. The van der Waals surface area contributed by atoms with E-state index in [1.807, 2.05) is 6.92 Å². The van der Waals surface area contributed by atoms with Crippen LogP contribution in [-0.4, -0.2) is 29.6 Å². The standard InChI is InChI=1S/C22H20N4O6/c1-3-31-17-7-4-15(5-8-17)24-21(27)22(28)25-23-13-18-9-11-20(32-18)19-10-6-16(26(29)30)12-14(19)2/h4-13H,3H2,1-2H3,(H,24,27)(H,25,28)/b23-13+. The Morgan fingerprint density at radius 3 is 2.53 bits per heavy atom. The lowest BCUT2D eigenvalue weighted by atomic mass is 10.1. The molecule has 3 rings (SSSR count). The molecule has 0 saturated carbocycles. The Hall–Kier alpha value is -4.47. The molecule has 0 aliphatic carbocycles. The Bertz CT molecular complexity index is 1170. The summed E-state index contributed by atoms with van der Waals surface area (Å²) in [6.07, 6.45) is 1.24. The van der Waals surface area contributed by atoms with E-state index in [1.54, 1.807) is 49.4 Å². The predicted octanol–water partition coefficient (Wildman–Crippen LogP) is 3.65. The number of ether oxygens (including phenoxy) is 1. The van der Waals surface area contributed by atoms with Crippen molar-refractivity contribution in [2.75, 3.05) is 11.9 Å². The number of carbonyl (C=O) groups excluding carboxylic acids is 2. The molecular weight excluding hydrogens is 416 g/mol. The topological polar surface area (TPSA) is 136 Å². The second-order valence-corrected chi connectivity index (χ2v) is 6.57. The van der Waals surface area contributed by atoms with Crippen LogP contribution in [0.15, 0.2) is 64.1 Å². The van der Waals surface area contributed by atoms with E-state index in [9.17, 15) is 19.7 Å². The average Bonchev–Trinajstić information content (AvgIpc) is 3.23. The van der Waals surface area contributed by atoms with Crippen molar-refractivity contribution >= 4 is 29.4 Å². The van der Waals surface area contributed by atoms with Gasteiger partial charge in [-0.3, -0.25) is 19.7 Å². The van der Waals surface area contributed by atoms with Crippen molar-refractivity contribution in [2.24, 2.45) is 5.10 Å². The van der Waals surface area contributed by atoms with Crippen molar-refractivity contribution in [3.05, 3.63) is 76.0 Å². The molecule has 2 N–H and O–H groups in total. The predicted molar refractivity (Wildman–Crippen MR) is 118 cm³/mol. The summed E-state index contributed by atoms with van der Waals surface area (Å²) in [6, 6.07) is 14.3. The Kier molecular flexibility index (Phi) is 6.96. The first-order chi connectivity index (χ1) is 15.4. The Morgan fingerprint density at radius 1 is 1.12 bits per heavy atom. The van der Waals surface area contributed by atoms with Gasteiger partial charge in [-0.25, -0.2) is 5.43 Å². The first-order valence-corrected chi connectivity index (χ1v) is 9.60. The Labute approximate surface area is 183 Å². The fourth-order valence-corrected chi connectivity index (χ4v) is 2.80. The number of hydrazone groups is 1. The second kappa shape index (κ2) is 10.0. The monoisotopic (exact) mass is 436 g/mol. The lowest BCUT2D eigenvalue weighted by Gasteiger charge is -2.06. The molecule has 164 valence electrons. The van der Waals surface area contributed by atoms with Crippen LogP contribution >= 0.6 is 0 Å². The first kappa shape index (κ1) is 22.2. The lowest BCUT2D eigenvalue weighted by molar-refractivity contribution is -0.384. The van der Waals surface area contributed by atoms with Crippen LogP contribution in [0.4, 0.5) is 11.4 Å². The van der Waals surface area contributed by atoms with E-state index >= 15 is 0 Å². The summed E-state index contributed by atoms with van der Waals surface area (Å²) >= 11 is 0. The van der Waals surface area contributed by atoms with E-state index in [4.69, 9.17) is 9.15 Å². The van der Waals surface area contributed by atoms with E-state index in [2.05, 4.69) is 15.8 Å². The van der Waals surface area contributed by atoms with Gasteiger partial charge in [0.25, 0.3) is 5.69 Å². The number of anilines is 1. The number of carbonyl (C=O) groups is 2. The van der Waals surface area contributed by atoms with E-state index < -0.39 is 16.7 Å². The molecule has 2 aromatic carbocycles. The van der Waals surface area contributed by atoms with Crippen molar-refractivity contribution in [2.45, 2.75) is 13.8 Å². The van der Waals surface area contributed by atoms with E-state index in [-0.39, 0.29) is 5.69 Å². The van der Waals surface area contributed by atoms with Crippen molar-refractivity contribution in [3.63, 3.8) is 0 Å². The summed E-state index contributed by atoms with van der Waals surface area (Å²) in [5.74, 6) is -0.370. The number of hydrogen-bond acceptors (Lipinski definition) is 7. The zero-order valence-electron chi connectivity index (χ0n) is 17.3. The van der Waals surface area contributed by atoms with Gasteiger partial charge in [-0.2, -0.15) is 5.10 Å².